The molecule has 4 saturated heterocycles. The van der Waals surface area contributed by atoms with Gasteiger partial charge in [-0.05, 0) is 80.3 Å². The van der Waals surface area contributed by atoms with Crippen molar-refractivity contribution in [2.75, 3.05) is 52.4 Å². The molecular formula is C30H59BN6NaO7. The number of ketones is 1. The van der Waals surface area contributed by atoms with Gasteiger partial charge < -0.3 is 37.7 Å². The van der Waals surface area contributed by atoms with Crippen LogP contribution in [0, 0.1) is 0 Å². The van der Waals surface area contributed by atoms with Gasteiger partial charge in [-0.15, -0.1) is 0 Å². The van der Waals surface area contributed by atoms with E-state index < -0.39 is 17.2 Å². The van der Waals surface area contributed by atoms with Crippen molar-refractivity contribution in [3.63, 3.8) is 0 Å². The van der Waals surface area contributed by atoms with Crippen LogP contribution in [0.2, 0.25) is 0 Å². The first-order chi connectivity index (χ1) is 19.4. The van der Waals surface area contributed by atoms with Crippen LogP contribution in [0.15, 0.2) is 0 Å². The van der Waals surface area contributed by atoms with Crippen LogP contribution in [0.3, 0.4) is 0 Å². The number of rotatable bonds is 2. The fourth-order valence-electron chi connectivity index (χ4n) is 5.49. The number of carboxylic acid groups (broad SMARTS) is 1. The van der Waals surface area contributed by atoms with Crippen LogP contribution in [0.1, 0.15) is 88.4 Å². The molecule has 3 radical (unpaired) electrons. The number of hydrogen-bond acceptors (Lipinski definition) is 10. The van der Waals surface area contributed by atoms with Gasteiger partial charge in [0.05, 0.1) is 0 Å². The molecule has 0 aromatic heterocycles. The predicted molar refractivity (Wildman–Crippen MR) is 172 cm³/mol. The summed E-state index contributed by atoms with van der Waals surface area (Å²) in [6.07, 6.45) is 5.09. The molecule has 4 fully saturated rings. The molecule has 4 aliphatic heterocycles. The van der Waals surface area contributed by atoms with Gasteiger partial charge in [0.2, 0.25) is 0 Å². The van der Waals surface area contributed by atoms with Gasteiger partial charge in [-0.3, -0.25) is 19.4 Å². The molecule has 0 saturated carbocycles. The minimum Gasteiger partial charge on any atom is -1.00 e. The zero-order valence-electron chi connectivity index (χ0n) is 30.2. The number of ether oxygens (including phenoxy) is 2. The van der Waals surface area contributed by atoms with Gasteiger partial charge in [0.15, 0.2) is 0 Å². The molecule has 4 aliphatic rings. The number of hydrogen-bond donors (Lipinski definition) is 3. The number of aliphatic carboxylic acids is 1. The van der Waals surface area contributed by atoms with Gasteiger partial charge in [-0.25, -0.2) is 9.59 Å². The summed E-state index contributed by atoms with van der Waals surface area (Å²) < 4.78 is 10.8. The maximum absolute atomic E-state index is 12.0. The van der Waals surface area contributed by atoms with E-state index in [9.17, 15) is 14.4 Å². The van der Waals surface area contributed by atoms with Gasteiger partial charge in [0.25, 0.3) is 5.97 Å². The number of nitrogens with zero attached hydrogens (tertiary/aromatic N) is 4. The van der Waals surface area contributed by atoms with Crippen molar-refractivity contribution in [3.05, 3.63) is 0 Å². The molecule has 0 aliphatic carbocycles. The van der Waals surface area contributed by atoms with E-state index in [1.807, 2.05) is 46.4 Å². The van der Waals surface area contributed by atoms with Crippen LogP contribution in [0.4, 0.5) is 9.59 Å². The molecule has 4 heterocycles. The second-order valence-electron chi connectivity index (χ2n) is 13.7. The number of amides is 2. The summed E-state index contributed by atoms with van der Waals surface area (Å²) in [5.74, 6) is -0.474. The summed E-state index contributed by atoms with van der Waals surface area (Å²) >= 11 is 0. The second-order valence-corrected chi connectivity index (χ2v) is 13.7. The smallest absolute Gasteiger partial charge is 1.00 e. The molecule has 2 amide bonds. The third-order valence-electron chi connectivity index (χ3n) is 7.59. The number of carboxylic acids is 1. The van der Waals surface area contributed by atoms with Gasteiger partial charge >= 0.3 is 41.7 Å². The summed E-state index contributed by atoms with van der Waals surface area (Å²) in [4.78, 5) is 52.7. The van der Waals surface area contributed by atoms with Crippen molar-refractivity contribution in [3.8, 4) is 0 Å². The largest absolute Gasteiger partial charge is 1.00 e. The second kappa shape index (κ2) is 20.7. The molecule has 13 nitrogen and oxygen atoms in total. The van der Waals surface area contributed by atoms with E-state index in [2.05, 4.69) is 9.80 Å². The number of Topliss-reactive ketones (excluding diaryl/α,β-unsaturated/α-hetero) is 1. The molecule has 255 valence electrons. The fourth-order valence-corrected chi connectivity index (χ4v) is 5.49. The Morgan fingerprint density at radius 1 is 0.756 bits per heavy atom. The molecule has 0 aromatic rings. The average molecular weight is 650 g/mol. The van der Waals surface area contributed by atoms with E-state index in [1.54, 1.807) is 4.90 Å². The first kappa shape index (κ1) is 45.7. The first-order valence-corrected chi connectivity index (χ1v) is 15.3. The van der Waals surface area contributed by atoms with Crippen molar-refractivity contribution in [2.45, 2.75) is 116 Å². The molecule has 0 unspecified atom stereocenters. The molecule has 0 bridgehead atoms. The molecule has 15 heteroatoms. The Labute approximate surface area is 296 Å². The van der Waals surface area contributed by atoms with Crippen LogP contribution in [0.25, 0.3) is 0 Å². The normalized spacial score (nSPS) is 22.7. The summed E-state index contributed by atoms with van der Waals surface area (Å²) in [6.45, 7) is 19.3. The molecule has 4 rings (SSSR count). The maximum atomic E-state index is 12.0. The fraction of sp³-hybridized carbons (Fsp3) is 0.867. The minimum absolute atomic E-state index is 0. The Morgan fingerprint density at radius 2 is 1.09 bits per heavy atom. The number of likely N-dealkylation sites (tertiary alicyclic amines) is 4. The average Bonchev–Trinajstić information content (AvgIpc) is 3.54. The summed E-state index contributed by atoms with van der Waals surface area (Å²) in [6, 6.07) is 1.24. The van der Waals surface area contributed by atoms with Crippen LogP contribution < -0.4 is 41.4 Å². The maximum Gasteiger partial charge on any atom is 1.00 e. The predicted octanol–water partition coefficient (Wildman–Crippen LogP) is 0.0682. The zero-order valence-corrected chi connectivity index (χ0v) is 31.2. The summed E-state index contributed by atoms with van der Waals surface area (Å²) in [5.41, 5.74) is 5.08. The first-order valence-electron chi connectivity index (χ1n) is 15.3. The van der Waals surface area contributed by atoms with E-state index in [-0.39, 0.29) is 57.7 Å². The van der Waals surface area contributed by atoms with Crippen LogP contribution >= 0.6 is 0 Å². The third-order valence-corrected chi connectivity index (χ3v) is 7.59. The molecule has 2 atom stereocenters. The number of nitrogens with two attached hydrogens (primary N) is 1. The van der Waals surface area contributed by atoms with Crippen molar-refractivity contribution < 1.29 is 64.7 Å². The van der Waals surface area contributed by atoms with Crippen molar-refractivity contribution in [1.29, 1.82) is 0 Å². The van der Waals surface area contributed by atoms with E-state index >= 15 is 0 Å². The number of carbonyl (C=O) groups is 4. The Hall–Kier alpha value is -1.42. The summed E-state index contributed by atoms with van der Waals surface area (Å²) in [7, 11) is 0. The van der Waals surface area contributed by atoms with E-state index in [0.717, 1.165) is 85.0 Å². The Morgan fingerprint density at radius 3 is 1.42 bits per heavy atom. The monoisotopic (exact) mass is 649 g/mol. The molecule has 0 spiro atoms. The molecular weight excluding hydrogens is 590 g/mol. The minimum atomic E-state index is -0.833. The number of piperidine rings is 2. The van der Waals surface area contributed by atoms with Gasteiger partial charge in [0, 0.05) is 85.6 Å². The Balaban J connectivity index is -0.000000668. The van der Waals surface area contributed by atoms with Crippen molar-refractivity contribution >= 4 is 32.4 Å². The van der Waals surface area contributed by atoms with Crippen molar-refractivity contribution in [2.24, 2.45) is 5.73 Å². The van der Waals surface area contributed by atoms with Gasteiger partial charge in [-0.1, -0.05) is 0 Å². The summed E-state index contributed by atoms with van der Waals surface area (Å²) in [5, 5.41) is 7.42. The van der Waals surface area contributed by atoms with Crippen LogP contribution in [-0.4, -0.2) is 139 Å². The zero-order chi connectivity index (χ0) is 31.7. The van der Waals surface area contributed by atoms with Crippen LogP contribution in [0.5, 0.6) is 0 Å². The van der Waals surface area contributed by atoms with E-state index in [4.69, 9.17) is 25.1 Å². The SMILES string of the molecule is CC(=O)O.CC(C)(C)OC(=O)N1CC[C@H](N2CCC(=O)CC2)C1.CC(C)(C)OC(=O)N1CC[C@H](N2CCC(N)CC2)C1.N.[B].[H-].[Na+]. The molecule has 45 heavy (non-hydrogen) atoms. The standard InChI is InChI=1S/C14H27N3O2.C14H24N2O3.C2H4O2.B.H3N.Na.H/c1-14(2,3)19-13(18)17-9-6-12(10-17)16-7-4-11(15)5-8-16;1-14(2,3)19-13(18)16-7-4-11(10-16)15-8-5-12(17)6-9-15;1-2(3)4;;;;/h11-12H,4-10,15H2,1-3H3;11H,4-10H2,1-3H3;1H3,(H,3,4);;1H3;;/q;;;;;+1;-1/t12-;11-;;;;;/m00...../s1. The van der Waals surface area contributed by atoms with Gasteiger partial charge in [-0.2, -0.15) is 0 Å². The van der Waals surface area contributed by atoms with E-state index in [1.165, 1.54) is 0 Å². The third kappa shape index (κ3) is 17.9. The van der Waals surface area contributed by atoms with Gasteiger partial charge in [0.1, 0.15) is 17.0 Å². The van der Waals surface area contributed by atoms with Crippen molar-refractivity contribution in [1.82, 2.24) is 25.8 Å². The molecule has 0 aromatic carbocycles. The molecule has 6 N–H and O–H groups in total. The topological polar surface area (TPSA) is 181 Å². The van der Waals surface area contributed by atoms with E-state index in [0.29, 0.717) is 36.8 Å². The van der Waals surface area contributed by atoms with Crippen LogP contribution in [-0.2, 0) is 19.1 Å². The Bertz CT molecular complexity index is 918. The Kier molecular flexibility index (Phi) is 21.1. The quantitative estimate of drug-likeness (QED) is 0.345. The number of carbonyl (C=O) groups excluding carboxylic acids is 3.